The molecule has 0 radical (unpaired) electrons. The van der Waals surface area contributed by atoms with Gasteiger partial charge in [-0.05, 0) is 111 Å². The first-order chi connectivity index (χ1) is 21.9. The first-order valence-electron chi connectivity index (χ1n) is 15.2. The standard InChI is InChI=1S/C37H33N5O3/c1-24-21-28-23-29(3-2-4-34(28)38-24)39-36(44)26-7-12-32(13-8-26)42-20-15-27-22-30(9-14-35(27)42)40-37(45)25-5-10-31(11-6-25)41-18-16-33(43)17-19-41/h5-15,20-23,33,38,43H,3,16-19H2,1H3,(H,39,44)(H,40,45). The van der Waals surface area contributed by atoms with Crippen molar-refractivity contribution >= 4 is 40.2 Å². The molecule has 3 aromatic carbocycles. The lowest BCUT2D eigenvalue weighted by Gasteiger charge is -2.31. The Morgan fingerprint density at radius 2 is 1.56 bits per heavy atom. The molecule has 1 aliphatic carbocycles. The molecule has 1 aliphatic heterocycles. The molecule has 0 saturated carbocycles. The van der Waals surface area contributed by atoms with Gasteiger partial charge in [-0.15, -0.1) is 0 Å². The number of nitrogens with zero attached hydrogens (tertiary/aromatic N) is 2. The van der Waals surface area contributed by atoms with Crippen LogP contribution in [0, 0.1) is 18.8 Å². The molecular formula is C37H33N5O3. The van der Waals surface area contributed by atoms with Crippen LogP contribution in [0.25, 0.3) is 22.7 Å². The fraction of sp³-hybridized carbons (Fsp3) is 0.189. The average Bonchev–Trinajstić information content (AvgIpc) is 3.58. The summed E-state index contributed by atoms with van der Waals surface area (Å²) in [5, 5.41) is 16.8. The lowest BCUT2D eigenvalue weighted by molar-refractivity contribution is 0.0964. The van der Waals surface area contributed by atoms with Crippen LogP contribution in [0.15, 0.2) is 90.8 Å². The number of hydrogen-bond donors (Lipinski definition) is 4. The zero-order valence-corrected chi connectivity index (χ0v) is 24.9. The van der Waals surface area contributed by atoms with Gasteiger partial charge in [0.05, 0.1) is 17.3 Å². The summed E-state index contributed by atoms with van der Waals surface area (Å²) in [6.07, 6.45) is 5.72. The van der Waals surface area contributed by atoms with Gasteiger partial charge < -0.3 is 30.2 Å². The summed E-state index contributed by atoms with van der Waals surface area (Å²) < 4.78 is 2.06. The van der Waals surface area contributed by atoms with Crippen LogP contribution in [0.3, 0.4) is 0 Å². The second-order valence-corrected chi connectivity index (χ2v) is 11.6. The number of H-pyrrole nitrogens is 1. The highest BCUT2D eigenvalue weighted by molar-refractivity contribution is 6.05. The molecule has 2 aromatic heterocycles. The Morgan fingerprint density at radius 1 is 0.867 bits per heavy atom. The fourth-order valence-corrected chi connectivity index (χ4v) is 5.96. The maximum absolute atomic E-state index is 13.0. The van der Waals surface area contributed by atoms with Gasteiger partial charge in [0.15, 0.2) is 0 Å². The van der Waals surface area contributed by atoms with Crippen LogP contribution in [-0.2, 0) is 0 Å². The van der Waals surface area contributed by atoms with E-state index in [0.29, 0.717) is 23.2 Å². The zero-order chi connectivity index (χ0) is 30.9. The molecule has 2 amide bonds. The number of carbonyl (C=O) groups excluding carboxylic acids is 2. The summed E-state index contributed by atoms with van der Waals surface area (Å²) in [7, 11) is 0. The largest absolute Gasteiger partial charge is 0.393 e. The molecule has 0 bridgehead atoms. The van der Waals surface area contributed by atoms with E-state index in [1.54, 1.807) is 0 Å². The van der Waals surface area contributed by atoms with Crippen molar-refractivity contribution < 1.29 is 14.7 Å². The van der Waals surface area contributed by atoms with E-state index < -0.39 is 0 Å². The highest BCUT2D eigenvalue weighted by Crippen LogP contribution is 2.26. The van der Waals surface area contributed by atoms with Crippen molar-refractivity contribution in [3.63, 3.8) is 0 Å². The molecule has 8 heteroatoms. The number of carbonyl (C=O) groups is 2. The van der Waals surface area contributed by atoms with Crippen LogP contribution in [0.2, 0.25) is 0 Å². The fourth-order valence-electron chi connectivity index (χ4n) is 5.96. The van der Waals surface area contributed by atoms with Crippen LogP contribution < -0.4 is 15.5 Å². The number of aryl methyl sites for hydroxylation is 1. The summed E-state index contributed by atoms with van der Waals surface area (Å²) in [6, 6.07) is 25.0. The van der Waals surface area contributed by atoms with Gasteiger partial charge in [-0.1, -0.05) is 5.92 Å². The first-order valence-corrected chi connectivity index (χ1v) is 15.2. The first kappa shape index (κ1) is 28.3. The molecule has 0 unspecified atom stereocenters. The van der Waals surface area contributed by atoms with Crippen molar-refractivity contribution in [2.24, 2.45) is 0 Å². The smallest absolute Gasteiger partial charge is 0.255 e. The zero-order valence-electron chi connectivity index (χ0n) is 24.9. The van der Waals surface area contributed by atoms with Gasteiger partial charge in [0.1, 0.15) is 0 Å². The average molecular weight is 596 g/mol. The number of aromatic amines is 1. The van der Waals surface area contributed by atoms with Crippen LogP contribution in [0.1, 0.15) is 56.9 Å². The normalized spacial score (nSPS) is 14.6. The summed E-state index contributed by atoms with van der Waals surface area (Å²) in [5.74, 6) is 5.88. The Labute approximate surface area is 261 Å². The number of nitrogens with one attached hydrogen (secondary N) is 3. The number of aliphatic hydroxyl groups excluding tert-OH is 1. The van der Waals surface area contributed by atoms with Gasteiger partial charge in [-0.2, -0.15) is 0 Å². The quantitative estimate of drug-likeness (QED) is 0.181. The molecule has 8 nitrogen and oxygen atoms in total. The van der Waals surface area contributed by atoms with Crippen LogP contribution >= 0.6 is 0 Å². The third kappa shape index (κ3) is 5.99. The van der Waals surface area contributed by atoms with E-state index in [0.717, 1.165) is 70.9 Å². The number of hydrogen-bond acceptors (Lipinski definition) is 4. The van der Waals surface area contributed by atoms with Crippen molar-refractivity contribution in [3.05, 3.63) is 119 Å². The molecule has 0 spiro atoms. The number of rotatable bonds is 6. The Morgan fingerprint density at radius 3 is 2.29 bits per heavy atom. The molecule has 1 saturated heterocycles. The highest BCUT2D eigenvalue weighted by atomic mass is 16.3. The second kappa shape index (κ2) is 11.9. The lowest BCUT2D eigenvalue weighted by Crippen LogP contribution is -2.35. The Hall–Kier alpha value is -5.52. The molecular weight excluding hydrogens is 562 g/mol. The van der Waals surface area contributed by atoms with Crippen molar-refractivity contribution in [2.75, 3.05) is 23.3 Å². The van der Waals surface area contributed by atoms with E-state index in [2.05, 4.69) is 36.9 Å². The summed E-state index contributed by atoms with van der Waals surface area (Å²) in [4.78, 5) is 31.5. The number of aliphatic hydroxyl groups is 1. The maximum atomic E-state index is 13.0. The van der Waals surface area contributed by atoms with Gasteiger partial charge in [0, 0.05) is 76.2 Å². The van der Waals surface area contributed by atoms with E-state index in [1.165, 1.54) is 0 Å². The third-order valence-electron chi connectivity index (χ3n) is 8.39. The van der Waals surface area contributed by atoms with Gasteiger partial charge in [-0.25, -0.2) is 0 Å². The van der Waals surface area contributed by atoms with E-state index in [9.17, 15) is 14.7 Å². The van der Waals surface area contributed by atoms with Crippen LogP contribution in [-0.4, -0.2) is 45.7 Å². The lowest BCUT2D eigenvalue weighted by atomic mass is 10.1. The summed E-state index contributed by atoms with van der Waals surface area (Å²) in [5.41, 5.74) is 8.49. The molecule has 4 N–H and O–H groups in total. The third-order valence-corrected chi connectivity index (χ3v) is 8.39. The minimum Gasteiger partial charge on any atom is -0.393 e. The minimum atomic E-state index is -0.218. The number of fused-ring (bicyclic) bond motifs is 2. The van der Waals surface area contributed by atoms with Gasteiger partial charge in [0.25, 0.3) is 11.8 Å². The molecule has 1 fully saturated rings. The van der Waals surface area contributed by atoms with Crippen LogP contribution in [0.4, 0.5) is 11.4 Å². The monoisotopic (exact) mass is 595 g/mol. The molecule has 0 atom stereocenters. The number of amides is 2. The van der Waals surface area contributed by atoms with Crippen LogP contribution in [0.5, 0.6) is 0 Å². The Bertz CT molecular complexity index is 2000. The van der Waals surface area contributed by atoms with Crippen molar-refractivity contribution in [1.82, 2.24) is 14.9 Å². The summed E-state index contributed by atoms with van der Waals surface area (Å²) >= 11 is 0. The maximum Gasteiger partial charge on any atom is 0.255 e. The Balaban J connectivity index is 1.01. The predicted octanol–water partition coefficient (Wildman–Crippen LogP) is 6.01. The van der Waals surface area contributed by atoms with E-state index in [-0.39, 0.29) is 17.9 Å². The molecule has 45 heavy (non-hydrogen) atoms. The SMILES string of the molecule is Cc1cc2c([nH]1)C#CCC(NC(=O)c1ccc(-n3ccc4cc(NC(=O)c5ccc(N6CCC(O)CC6)cc5)ccc43)cc1)=C2. The number of aromatic nitrogens is 2. The number of piperidine rings is 1. The van der Waals surface area contributed by atoms with Crippen molar-refractivity contribution in [2.45, 2.75) is 32.3 Å². The Kier molecular flexibility index (Phi) is 7.46. The number of benzene rings is 3. The van der Waals surface area contributed by atoms with Gasteiger partial charge in [-0.3, -0.25) is 9.59 Å². The highest BCUT2D eigenvalue weighted by Gasteiger charge is 2.18. The van der Waals surface area contributed by atoms with E-state index in [4.69, 9.17) is 0 Å². The van der Waals surface area contributed by atoms with Gasteiger partial charge >= 0.3 is 0 Å². The topological polar surface area (TPSA) is 102 Å². The van der Waals surface area contributed by atoms with Crippen molar-refractivity contribution in [3.8, 4) is 17.5 Å². The van der Waals surface area contributed by atoms with Crippen molar-refractivity contribution in [1.29, 1.82) is 0 Å². The summed E-state index contributed by atoms with van der Waals surface area (Å²) in [6.45, 7) is 3.62. The van der Waals surface area contributed by atoms with E-state index in [1.807, 2.05) is 98.1 Å². The van der Waals surface area contributed by atoms with E-state index >= 15 is 0 Å². The number of allylic oxidation sites excluding steroid dienone is 1. The molecule has 2 aliphatic rings. The number of anilines is 2. The molecule has 7 rings (SSSR count). The second-order valence-electron chi connectivity index (χ2n) is 11.6. The molecule has 224 valence electrons. The molecule has 3 heterocycles. The minimum absolute atomic E-state index is 0.168. The molecule has 5 aromatic rings. The van der Waals surface area contributed by atoms with Gasteiger partial charge in [0.2, 0.25) is 0 Å². The predicted molar refractivity (Wildman–Crippen MR) is 178 cm³/mol.